The van der Waals surface area contributed by atoms with Crippen molar-refractivity contribution in [1.82, 2.24) is 9.88 Å². The molecule has 0 unspecified atom stereocenters. The second kappa shape index (κ2) is 6.81. The smallest absolute Gasteiger partial charge is 0.328 e. The standard InChI is InChI=1S/C13H18N2O2/c1-3-15(9-11(2)8-13(16)17)10-12-6-4-5-7-14-12/h4-8H,3,9-10H2,1-2H3,(H,16,17). The first-order valence-electron chi connectivity index (χ1n) is 5.64. The van der Waals surface area contributed by atoms with Crippen molar-refractivity contribution >= 4 is 5.97 Å². The quantitative estimate of drug-likeness (QED) is 0.764. The topological polar surface area (TPSA) is 53.4 Å². The molecule has 0 atom stereocenters. The maximum atomic E-state index is 10.5. The van der Waals surface area contributed by atoms with E-state index in [-0.39, 0.29) is 0 Å². The summed E-state index contributed by atoms with van der Waals surface area (Å²) in [6.07, 6.45) is 3.02. The Kier molecular flexibility index (Phi) is 5.36. The number of nitrogens with zero attached hydrogens (tertiary/aromatic N) is 2. The van der Waals surface area contributed by atoms with Crippen molar-refractivity contribution in [2.45, 2.75) is 20.4 Å². The van der Waals surface area contributed by atoms with Crippen LogP contribution in [-0.4, -0.2) is 34.0 Å². The van der Waals surface area contributed by atoms with E-state index in [1.165, 1.54) is 6.08 Å². The molecule has 0 aliphatic carbocycles. The van der Waals surface area contributed by atoms with E-state index in [1.807, 2.05) is 25.1 Å². The first-order valence-corrected chi connectivity index (χ1v) is 5.64. The molecule has 0 spiro atoms. The van der Waals surface area contributed by atoms with Gasteiger partial charge in [0.1, 0.15) is 0 Å². The Morgan fingerprint density at radius 1 is 1.53 bits per heavy atom. The van der Waals surface area contributed by atoms with Gasteiger partial charge in [0, 0.05) is 25.4 Å². The highest BCUT2D eigenvalue weighted by atomic mass is 16.4. The molecule has 0 aromatic carbocycles. The minimum absolute atomic E-state index is 0.652. The molecule has 17 heavy (non-hydrogen) atoms. The lowest BCUT2D eigenvalue weighted by Gasteiger charge is -2.20. The highest BCUT2D eigenvalue weighted by Crippen LogP contribution is 2.04. The van der Waals surface area contributed by atoms with Crippen LogP contribution in [0.15, 0.2) is 36.0 Å². The molecule has 0 radical (unpaired) electrons. The van der Waals surface area contributed by atoms with Crippen molar-refractivity contribution in [3.05, 3.63) is 41.7 Å². The van der Waals surface area contributed by atoms with Crippen molar-refractivity contribution in [1.29, 1.82) is 0 Å². The second-order valence-corrected chi connectivity index (χ2v) is 3.95. The summed E-state index contributed by atoms with van der Waals surface area (Å²) < 4.78 is 0. The van der Waals surface area contributed by atoms with Crippen LogP contribution < -0.4 is 0 Å². The Morgan fingerprint density at radius 2 is 2.29 bits per heavy atom. The summed E-state index contributed by atoms with van der Waals surface area (Å²) in [5.74, 6) is -0.892. The van der Waals surface area contributed by atoms with E-state index in [2.05, 4.69) is 16.8 Å². The van der Waals surface area contributed by atoms with Gasteiger partial charge in [-0.05, 0) is 25.6 Å². The van der Waals surface area contributed by atoms with E-state index in [9.17, 15) is 4.79 Å². The fourth-order valence-corrected chi connectivity index (χ4v) is 1.61. The van der Waals surface area contributed by atoms with Crippen LogP contribution in [0, 0.1) is 0 Å². The van der Waals surface area contributed by atoms with E-state index in [0.29, 0.717) is 6.54 Å². The average molecular weight is 234 g/mol. The lowest BCUT2D eigenvalue weighted by atomic mass is 10.2. The molecule has 0 amide bonds. The minimum atomic E-state index is -0.892. The number of pyridine rings is 1. The van der Waals surface area contributed by atoms with Crippen molar-refractivity contribution in [3.8, 4) is 0 Å². The third-order valence-electron chi connectivity index (χ3n) is 2.40. The van der Waals surface area contributed by atoms with Crippen LogP contribution >= 0.6 is 0 Å². The minimum Gasteiger partial charge on any atom is -0.478 e. The lowest BCUT2D eigenvalue weighted by molar-refractivity contribution is -0.131. The molecule has 92 valence electrons. The first kappa shape index (κ1) is 13.4. The fraction of sp³-hybridized carbons (Fsp3) is 0.385. The van der Waals surface area contributed by atoms with Crippen LogP contribution in [0.5, 0.6) is 0 Å². The van der Waals surface area contributed by atoms with Gasteiger partial charge in [0.15, 0.2) is 0 Å². The number of hydrogen-bond acceptors (Lipinski definition) is 3. The van der Waals surface area contributed by atoms with Gasteiger partial charge in [0.2, 0.25) is 0 Å². The van der Waals surface area contributed by atoms with E-state index >= 15 is 0 Å². The summed E-state index contributed by atoms with van der Waals surface area (Å²) in [6.45, 7) is 6.13. The van der Waals surface area contributed by atoms with Crippen LogP contribution in [0.4, 0.5) is 0 Å². The van der Waals surface area contributed by atoms with Crippen LogP contribution in [0.1, 0.15) is 19.5 Å². The molecule has 4 nitrogen and oxygen atoms in total. The molecular weight excluding hydrogens is 216 g/mol. The number of carbonyl (C=O) groups is 1. The van der Waals surface area contributed by atoms with E-state index in [4.69, 9.17) is 5.11 Å². The summed E-state index contributed by atoms with van der Waals surface area (Å²) in [4.78, 5) is 16.9. The number of rotatable bonds is 6. The van der Waals surface area contributed by atoms with Gasteiger partial charge in [0.05, 0.1) is 5.69 Å². The molecule has 1 N–H and O–H groups in total. The zero-order chi connectivity index (χ0) is 12.7. The van der Waals surface area contributed by atoms with Crippen LogP contribution in [0.3, 0.4) is 0 Å². The van der Waals surface area contributed by atoms with Crippen molar-refractivity contribution in [2.75, 3.05) is 13.1 Å². The Bertz CT molecular complexity index is 388. The monoisotopic (exact) mass is 234 g/mol. The van der Waals surface area contributed by atoms with Gasteiger partial charge in [-0.3, -0.25) is 9.88 Å². The van der Waals surface area contributed by atoms with Gasteiger partial charge >= 0.3 is 5.97 Å². The number of likely N-dealkylation sites (N-methyl/N-ethyl adjacent to an activating group) is 1. The number of aliphatic carboxylic acids is 1. The van der Waals surface area contributed by atoms with E-state index < -0.39 is 5.97 Å². The highest BCUT2D eigenvalue weighted by Gasteiger charge is 2.05. The molecular formula is C13H18N2O2. The van der Waals surface area contributed by atoms with Crippen LogP contribution in [0.25, 0.3) is 0 Å². The zero-order valence-corrected chi connectivity index (χ0v) is 10.3. The molecule has 4 heteroatoms. The zero-order valence-electron chi connectivity index (χ0n) is 10.3. The summed E-state index contributed by atoms with van der Waals surface area (Å²) in [6, 6.07) is 5.81. The summed E-state index contributed by atoms with van der Waals surface area (Å²) in [7, 11) is 0. The SMILES string of the molecule is CCN(CC(C)=CC(=O)O)Cc1ccccn1. The van der Waals surface area contributed by atoms with Gasteiger partial charge < -0.3 is 5.11 Å². The van der Waals surface area contributed by atoms with Gasteiger partial charge in [-0.15, -0.1) is 0 Å². The van der Waals surface area contributed by atoms with Gasteiger partial charge in [0.25, 0.3) is 0 Å². The molecule has 1 rings (SSSR count). The summed E-state index contributed by atoms with van der Waals surface area (Å²) >= 11 is 0. The highest BCUT2D eigenvalue weighted by molar-refractivity contribution is 5.80. The summed E-state index contributed by atoms with van der Waals surface area (Å²) in [5.41, 5.74) is 1.84. The first-order chi connectivity index (χ1) is 8.11. The molecule has 1 heterocycles. The largest absolute Gasteiger partial charge is 0.478 e. The van der Waals surface area contributed by atoms with Crippen molar-refractivity contribution in [3.63, 3.8) is 0 Å². The van der Waals surface area contributed by atoms with E-state index in [0.717, 1.165) is 24.4 Å². The Labute approximate surface area is 102 Å². The molecule has 0 fully saturated rings. The van der Waals surface area contributed by atoms with Crippen LogP contribution in [-0.2, 0) is 11.3 Å². The molecule has 0 saturated heterocycles. The maximum absolute atomic E-state index is 10.5. The maximum Gasteiger partial charge on any atom is 0.328 e. The van der Waals surface area contributed by atoms with Gasteiger partial charge in [-0.25, -0.2) is 4.79 Å². The predicted octanol–water partition coefficient (Wildman–Crippen LogP) is 1.93. The van der Waals surface area contributed by atoms with Crippen molar-refractivity contribution in [2.24, 2.45) is 0 Å². The van der Waals surface area contributed by atoms with Crippen LogP contribution in [0.2, 0.25) is 0 Å². The normalized spacial score (nSPS) is 11.8. The summed E-state index contributed by atoms with van der Waals surface area (Å²) in [5, 5.41) is 8.65. The number of aromatic nitrogens is 1. The molecule has 1 aromatic rings. The lowest BCUT2D eigenvalue weighted by Crippen LogP contribution is -2.25. The second-order valence-electron chi connectivity index (χ2n) is 3.95. The molecule has 1 aromatic heterocycles. The van der Waals surface area contributed by atoms with E-state index in [1.54, 1.807) is 6.20 Å². The third-order valence-corrected chi connectivity index (χ3v) is 2.40. The molecule has 0 saturated carbocycles. The third kappa shape index (κ3) is 5.26. The molecule has 0 bridgehead atoms. The van der Waals surface area contributed by atoms with Gasteiger partial charge in [-0.2, -0.15) is 0 Å². The Morgan fingerprint density at radius 3 is 2.82 bits per heavy atom. The molecule has 0 aliphatic rings. The van der Waals surface area contributed by atoms with Crippen molar-refractivity contribution < 1.29 is 9.90 Å². The Balaban J connectivity index is 2.58. The number of hydrogen-bond donors (Lipinski definition) is 1. The molecule has 0 aliphatic heterocycles. The van der Waals surface area contributed by atoms with Gasteiger partial charge in [-0.1, -0.05) is 18.6 Å². The number of carboxylic acids is 1. The Hall–Kier alpha value is -1.68. The average Bonchev–Trinajstić information content (AvgIpc) is 2.28. The predicted molar refractivity (Wildman–Crippen MR) is 66.6 cm³/mol. The number of carboxylic acid groups (broad SMARTS) is 1. The fourth-order valence-electron chi connectivity index (χ4n) is 1.61.